The molecule has 12 heterocycles. The summed E-state index contributed by atoms with van der Waals surface area (Å²) in [6.07, 6.45) is 14.2. The number of nitrogens with zero attached hydrogens (tertiary/aromatic N) is 16. The minimum atomic E-state index is 0. The summed E-state index contributed by atoms with van der Waals surface area (Å²) in [6.45, 7) is 0. The number of benzene rings is 5. The fourth-order valence-corrected chi connectivity index (χ4v) is 10.1. The van der Waals surface area contributed by atoms with Crippen molar-refractivity contribution in [2.75, 3.05) is 0 Å². The van der Waals surface area contributed by atoms with E-state index < -0.39 is 0 Å². The van der Waals surface area contributed by atoms with Crippen molar-refractivity contribution in [2.24, 2.45) is 0 Å². The Kier molecular flexibility index (Phi) is 11.6. The van der Waals surface area contributed by atoms with Crippen molar-refractivity contribution in [3.63, 3.8) is 0 Å². The van der Waals surface area contributed by atoms with Gasteiger partial charge < -0.3 is 0 Å². The molecule has 5 aromatic carbocycles. The molecule has 17 heteroatoms. The maximum atomic E-state index is 4.89. The van der Waals surface area contributed by atoms with Gasteiger partial charge in [-0.2, -0.15) is 0 Å². The molecule has 17 rings (SSSR count). The van der Waals surface area contributed by atoms with Crippen molar-refractivity contribution in [2.45, 2.75) is 0 Å². The molecule has 12 aromatic heterocycles. The Labute approximate surface area is 458 Å². The summed E-state index contributed by atoms with van der Waals surface area (Å²) in [4.78, 5) is 55.4. The zero-order valence-electron chi connectivity index (χ0n) is 41.1. The monoisotopic (exact) mass is 1100 g/mol. The van der Waals surface area contributed by atoms with Gasteiger partial charge in [0.05, 0.1) is 55.2 Å². The van der Waals surface area contributed by atoms with Crippen LogP contribution in [0.3, 0.4) is 0 Å². The van der Waals surface area contributed by atoms with E-state index in [4.69, 9.17) is 19.9 Å². The van der Waals surface area contributed by atoms with Crippen LogP contribution in [0.5, 0.6) is 0 Å². The maximum absolute atomic E-state index is 4.89. The van der Waals surface area contributed by atoms with Crippen LogP contribution >= 0.6 is 0 Å². The largest absolute Gasteiger partial charge is 2.00 e. The van der Waals surface area contributed by atoms with Crippen LogP contribution in [0, 0.1) is 0 Å². The van der Waals surface area contributed by atoms with Crippen LogP contribution in [0.1, 0.15) is 0 Å². The molecule has 0 fully saturated rings. The molecule has 16 nitrogen and oxygen atoms in total. The standard InChI is InChI=1S/2C25H13N7.C12H8N2.Ru/c2*1-4-14-7-8-15-9-10-18(29-20(15)19(14)26-11-1)25-30-23-16-5-2-12-27-21(16)22-17(6-3-13-28-22)24(23)31-32-25;1-3-9-5-6-10-4-2-8-14-12(10)11(9)13-7-1;/h2*1-13H;1-8H;/q;;;+2. The summed E-state index contributed by atoms with van der Waals surface area (Å²) in [5.74, 6) is 0.918. The first kappa shape index (κ1) is 46.9. The van der Waals surface area contributed by atoms with Gasteiger partial charge in [0, 0.05) is 103 Å². The van der Waals surface area contributed by atoms with Gasteiger partial charge in [-0.25, -0.2) is 19.9 Å². The maximum Gasteiger partial charge on any atom is 2.00 e. The number of pyridine rings is 10. The quantitative estimate of drug-likeness (QED) is 0.116. The van der Waals surface area contributed by atoms with E-state index in [0.717, 1.165) is 120 Å². The van der Waals surface area contributed by atoms with Crippen LogP contribution in [0.4, 0.5) is 0 Å². The molecule has 0 atom stereocenters. The van der Waals surface area contributed by atoms with Gasteiger partial charge in [0.25, 0.3) is 0 Å². The van der Waals surface area contributed by atoms with Gasteiger partial charge in [0.15, 0.2) is 0 Å². The van der Waals surface area contributed by atoms with Crippen LogP contribution in [0.2, 0.25) is 0 Å². The van der Waals surface area contributed by atoms with E-state index in [9.17, 15) is 0 Å². The van der Waals surface area contributed by atoms with Gasteiger partial charge in [-0.05, 0) is 84.9 Å². The Morgan fingerprint density at radius 1 is 0.190 bits per heavy atom. The minimum Gasteiger partial charge on any atom is -0.254 e. The first-order valence-corrected chi connectivity index (χ1v) is 24.9. The first-order chi connectivity index (χ1) is 38.7. The van der Waals surface area contributed by atoms with E-state index in [0.29, 0.717) is 34.1 Å². The number of fused-ring (bicyclic) bond motifs is 21. The molecule has 0 saturated heterocycles. The van der Waals surface area contributed by atoms with Gasteiger partial charge in [-0.1, -0.05) is 72.8 Å². The summed E-state index contributed by atoms with van der Waals surface area (Å²) in [5, 5.41) is 27.9. The summed E-state index contributed by atoms with van der Waals surface area (Å²) < 4.78 is 0. The van der Waals surface area contributed by atoms with Gasteiger partial charge in [0.2, 0.25) is 11.6 Å². The minimum absolute atomic E-state index is 0. The molecule has 0 unspecified atom stereocenters. The molecule has 0 aliphatic rings. The topological polar surface area (TPSA) is 206 Å². The van der Waals surface area contributed by atoms with Gasteiger partial charge >= 0.3 is 19.5 Å². The van der Waals surface area contributed by atoms with Crippen molar-refractivity contribution in [3.05, 3.63) is 207 Å². The van der Waals surface area contributed by atoms with Gasteiger partial charge in [-0.15, -0.1) is 20.4 Å². The molecule has 0 saturated carbocycles. The van der Waals surface area contributed by atoms with Crippen LogP contribution in [0.25, 0.3) is 154 Å². The van der Waals surface area contributed by atoms with E-state index in [-0.39, 0.29) is 19.5 Å². The predicted molar refractivity (Wildman–Crippen MR) is 305 cm³/mol. The number of rotatable bonds is 2. The summed E-state index contributed by atoms with van der Waals surface area (Å²) in [6, 6.07) is 51.6. The number of aromatic nitrogens is 16. The van der Waals surface area contributed by atoms with E-state index >= 15 is 0 Å². The average Bonchev–Trinajstić information content (AvgIpc) is 3.65. The van der Waals surface area contributed by atoms with Crippen molar-refractivity contribution in [3.8, 4) is 23.0 Å². The average molecular weight is 1100 g/mol. The molecule has 0 spiro atoms. The van der Waals surface area contributed by atoms with Crippen molar-refractivity contribution >= 4 is 131 Å². The Balaban J connectivity index is 0.000000114. The second-order valence-corrected chi connectivity index (χ2v) is 18.3. The van der Waals surface area contributed by atoms with E-state index in [1.807, 2.05) is 121 Å². The summed E-state index contributed by atoms with van der Waals surface area (Å²) >= 11 is 0. The molecule has 0 aliphatic heterocycles. The summed E-state index contributed by atoms with van der Waals surface area (Å²) in [5.41, 5.74) is 12.6. The summed E-state index contributed by atoms with van der Waals surface area (Å²) in [7, 11) is 0. The van der Waals surface area contributed by atoms with Crippen molar-refractivity contribution in [1.29, 1.82) is 0 Å². The molecule has 17 aromatic rings. The number of hydrogen-bond donors (Lipinski definition) is 0. The molecular formula is C62H34N16Ru+2. The molecule has 0 amide bonds. The SMILES string of the molecule is [Ru+2].c1cnc2c(c1)ccc1ccc(-c3nnc4c5cccnc5c5ncccc5c4n3)nc12.c1cnc2c(c1)ccc1ccc(-c3nnc4c5cccnc5c5ncccc5c4n3)nc12.c1cnc2c(c1)ccc1cccnc12. The fraction of sp³-hybridized carbons (Fsp3) is 0. The van der Waals surface area contributed by atoms with E-state index in [2.05, 4.69) is 96.7 Å². The third kappa shape index (κ3) is 8.11. The van der Waals surface area contributed by atoms with E-state index in [1.165, 1.54) is 0 Å². The molecule has 368 valence electrons. The zero-order chi connectivity index (χ0) is 51.5. The number of hydrogen-bond acceptors (Lipinski definition) is 16. The molecule has 0 aliphatic carbocycles. The van der Waals surface area contributed by atoms with Crippen molar-refractivity contribution in [1.82, 2.24) is 80.2 Å². The third-order valence-electron chi connectivity index (χ3n) is 13.7. The van der Waals surface area contributed by atoms with Gasteiger partial charge in [-0.3, -0.25) is 39.9 Å². The molecule has 0 radical (unpaired) electrons. The van der Waals surface area contributed by atoms with Crippen LogP contribution in [-0.2, 0) is 19.5 Å². The predicted octanol–water partition coefficient (Wildman–Crippen LogP) is 12.5. The fourth-order valence-electron chi connectivity index (χ4n) is 10.1. The Morgan fingerprint density at radius 2 is 0.443 bits per heavy atom. The molecular weight excluding hydrogens is 1070 g/mol. The smallest absolute Gasteiger partial charge is 0.254 e. The van der Waals surface area contributed by atoms with Gasteiger partial charge in [0.1, 0.15) is 33.5 Å². The molecule has 0 N–H and O–H groups in total. The second-order valence-electron chi connectivity index (χ2n) is 18.3. The van der Waals surface area contributed by atoms with Crippen LogP contribution in [-0.4, -0.2) is 80.2 Å². The normalized spacial score (nSPS) is 11.4. The van der Waals surface area contributed by atoms with Crippen LogP contribution in [0.15, 0.2) is 207 Å². The first-order valence-electron chi connectivity index (χ1n) is 24.9. The Morgan fingerprint density at radius 3 is 0.772 bits per heavy atom. The molecule has 79 heavy (non-hydrogen) atoms. The Bertz CT molecular complexity index is 4880. The second kappa shape index (κ2) is 19.5. The van der Waals surface area contributed by atoms with E-state index in [1.54, 1.807) is 49.6 Å². The molecule has 0 bridgehead atoms. The third-order valence-corrected chi connectivity index (χ3v) is 13.7. The Hall–Kier alpha value is -10.6. The zero-order valence-corrected chi connectivity index (χ0v) is 42.9. The van der Waals surface area contributed by atoms with Crippen LogP contribution < -0.4 is 0 Å². The van der Waals surface area contributed by atoms with Crippen molar-refractivity contribution < 1.29 is 19.5 Å².